The molecule has 0 atom stereocenters. The van der Waals surface area contributed by atoms with Crippen molar-refractivity contribution in [3.63, 3.8) is 0 Å². The highest BCUT2D eigenvalue weighted by molar-refractivity contribution is 7.12. The molecule has 0 amide bonds. The molecule has 0 saturated heterocycles. The van der Waals surface area contributed by atoms with Crippen molar-refractivity contribution in [3.05, 3.63) is 87.4 Å². The number of thiophene rings is 1. The average molecular weight is 519 g/mol. The molecule has 2 aromatic carbocycles. The smallest absolute Gasteiger partial charge is 0.247 e. The Morgan fingerprint density at radius 2 is 1.72 bits per heavy atom. The van der Waals surface area contributed by atoms with Crippen molar-refractivity contribution in [1.29, 1.82) is 0 Å². The molecule has 186 valence electrons. The van der Waals surface area contributed by atoms with Crippen LogP contribution in [-0.4, -0.2) is 16.0 Å². The predicted molar refractivity (Wildman–Crippen MR) is 149 cm³/mol. The number of rotatable bonds is 6. The largest absolute Gasteiger partial charge is 0.421 e. The second-order valence-corrected chi connectivity index (χ2v) is 11.9. The first-order chi connectivity index (χ1) is 17.2. The fourth-order valence-electron chi connectivity index (χ4n) is 4.87. The highest BCUT2D eigenvalue weighted by Crippen LogP contribution is 2.46. The van der Waals surface area contributed by atoms with Crippen LogP contribution in [0.4, 0.5) is 5.69 Å². The third-order valence-corrected chi connectivity index (χ3v) is 8.30. The molecule has 1 N–H and O–H groups in total. The van der Waals surface area contributed by atoms with Crippen molar-refractivity contribution in [2.75, 3.05) is 5.32 Å². The number of aromatic nitrogens is 2. The maximum Gasteiger partial charge on any atom is 0.247 e. The Morgan fingerprint density at radius 3 is 2.42 bits per heavy atom. The molecule has 1 aliphatic carbocycles. The second-order valence-electron chi connectivity index (χ2n) is 10.8. The van der Waals surface area contributed by atoms with E-state index in [1.54, 1.807) is 11.3 Å². The van der Waals surface area contributed by atoms with E-state index in [-0.39, 0.29) is 10.8 Å². The minimum absolute atomic E-state index is 0.144. The zero-order valence-electron chi connectivity index (χ0n) is 21.1. The van der Waals surface area contributed by atoms with Gasteiger partial charge in [-0.3, -0.25) is 0 Å². The fraction of sp³-hybridized carbons (Fsp3) is 0.345. The van der Waals surface area contributed by atoms with E-state index in [2.05, 4.69) is 78.1 Å². The zero-order valence-corrected chi connectivity index (χ0v) is 22.7. The van der Waals surface area contributed by atoms with E-state index in [4.69, 9.17) is 16.2 Å². The SMILES string of the molecule is CC1(C)CCC(C)(C)c2cc(-c3nnc(CCc4ccc(N/C(=N/Cl)c5cccs5)cc4)o3)ccc21. The Hall–Kier alpha value is -2.96. The standard InChI is InChI=1S/C29H31ClN4OS/c1-28(2)15-16-29(3,4)23-18-20(10-13-22(23)28)27-34-33-25(35-27)14-9-19-7-11-21(12-8-19)31-26(32-30)24-6-5-17-36-24/h5-8,10-13,17-18H,9,14-16H2,1-4H3,(H,31,32). The van der Waals surface area contributed by atoms with E-state index in [1.807, 2.05) is 29.6 Å². The molecule has 5 nitrogen and oxygen atoms in total. The number of benzene rings is 2. The summed E-state index contributed by atoms with van der Waals surface area (Å²) >= 11 is 7.36. The van der Waals surface area contributed by atoms with Gasteiger partial charge in [0.1, 0.15) is 0 Å². The van der Waals surface area contributed by atoms with Crippen molar-refractivity contribution >= 4 is 34.6 Å². The Kier molecular flexibility index (Phi) is 6.75. The summed E-state index contributed by atoms with van der Waals surface area (Å²) < 4.78 is 9.92. The molecule has 0 aliphatic heterocycles. The van der Waals surface area contributed by atoms with Crippen LogP contribution in [0.2, 0.25) is 0 Å². The van der Waals surface area contributed by atoms with E-state index in [0.717, 1.165) is 22.5 Å². The van der Waals surface area contributed by atoms with E-state index in [0.29, 0.717) is 24.0 Å². The maximum absolute atomic E-state index is 6.07. The number of anilines is 1. The molecule has 0 saturated carbocycles. The van der Waals surface area contributed by atoms with Gasteiger partial charge in [0.05, 0.1) is 4.88 Å². The number of fused-ring (bicyclic) bond motifs is 1. The van der Waals surface area contributed by atoms with Crippen LogP contribution >= 0.6 is 23.1 Å². The number of hydrogen-bond acceptors (Lipinski definition) is 5. The Bertz CT molecular complexity index is 1370. The average Bonchev–Trinajstić information content (AvgIpc) is 3.57. The zero-order chi connectivity index (χ0) is 25.3. The van der Waals surface area contributed by atoms with Crippen LogP contribution in [0.1, 0.15) is 68.0 Å². The molecule has 7 heteroatoms. The lowest BCUT2D eigenvalue weighted by Crippen LogP contribution is -2.33. The molecular weight excluding hydrogens is 488 g/mol. The monoisotopic (exact) mass is 518 g/mol. The summed E-state index contributed by atoms with van der Waals surface area (Å²) in [6.07, 6.45) is 3.87. The van der Waals surface area contributed by atoms with Crippen LogP contribution in [0.5, 0.6) is 0 Å². The summed E-state index contributed by atoms with van der Waals surface area (Å²) in [6.45, 7) is 9.33. The molecule has 0 radical (unpaired) electrons. The van der Waals surface area contributed by atoms with E-state index in [9.17, 15) is 0 Å². The Morgan fingerprint density at radius 1 is 0.972 bits per heavy atom. The minimum Gasteiger partial charge on any atom is -0.421 e. The minimum atomic E-state index is 0.144. The first kappa shape index (κ1) is 24.7. The van der Waals surface area contributed by atoms with E-state index < -0.39 is 0 Å². The van der Waals surface area contributed by atoms with Crippen LogP contribution < -0.4 is 5.32 Å². The molecule has 0 fully saturated rings. The van der Waals surface area contributed by atoms with Gasteiger partial charge < -0.3 is 9.73 Å². The molecule has 0 bridgehead atoms. The normalized spacial score (nSPS) is 16.5. The molecular formula is C29H31ClN4OS. The van der Waals surface area contributed by atoms with Gasteiger partial charge in [0.25, 0.3) is 0 Å². The number of amidine groups is 1. The van der Waals surface area contributed by atoms with Gasteiger partial charge in [0, 0.05) is 29.4 Å². The lowest BCUT2D eigenvalue weighted by Gasteiger charge is -2.41. The molecule has 5 rings (SSSR count). The van der Waals surface area contributed by atoms with Crippen LogP contribution in [0, 0.1) is 0 Å². The van der Waals surface area contributed by atoms with Crippen LogP contribution in [-0.2, 0) is 23.7 Å². The highest BCUT2D eigenvalue weighted by atomic mass is 35.5. The summed E-state index contributed by atoms with van der Waals surface area (Å²) in [4.78, 5) is 0.993. The first-order valence-corrected chi connectivity index (χ1v) is 13.5. The predicted octanol–water partition coefficient (Wildman–Crippen LogP) is 7.94. The fourth-order valence-corrected chi connectivity index (χ4v) is 5.73. The third kappa shape index (κ3) is 5.11. The number of nitrogens with zero attached hydrogens (tertiary/aromatic N) is 3. The first-order valence-electron chi connectivity index (χ1n) is 12.3. The Labute approximate surface area is 221 Å². The lowest BCUT2D eigenvalue weighted by molar-refractivity contribution is 0.332. The van der Waals surface area contributed by atoms with Gasteiger partial charge in [-0.05, 0) is 82.5 Å². The van der Waals surface area contributed by atoms with Gasteiger partial charge >= 0.3 is 0 Å². The maximum atomic E-state index is 6.07. The molecule has 2 aromatic heterocycles. The van der Waals surface area contributed by atoms with Crippen LogP contribution in [0.15, 0.2) is 68.9 Å². The van der Waals surface area contributed by atoms with Gasteiger partial charge in [0.15, 0.2) is 5.84 Å². The van der Waals surface area contributed by atoms with Gasteiger partial charge in [-0.25, -0.2) is 0 Å². The van der Waals surface area contributed by atoms with Gasteiger partial charge in [-0.15, -0.1) is 21.5 Å². The summed E-state index contributed by atoms with van der Waals surface area (Å²) in [5.41, 5.74) is 6.28. The molecule has 2 heterocycles. The topological polar surface area (TPSA) is 63.3 Å². The van der Waals surface area contributed by atoms with E-state index >= 15 is 0 Å². The van der Waals surface area contributed by atoms with Gasteiger partial charge in [-0.2, -0.15) is 4.51 Å². The quantitative estimate of drug-likeness (QED) is 0.208. The van der Waals surface area contributed by atoms with Gasteiger partial charge in [-0.1, -0.05) is 52.0 Å². The Balaban J connectivity index is 1.25. The highest BCUT2D eigenvalue weighted by Gasteiger charge is 2.37. The van der Waals surface area contributed by atoms with Crippen molar-refractivity contribution in [2.45, 2.75) is 64.2 Å². The molecule has 1 aliphatic rings. The molecule has 36 heavy (non-hydrogen) atoms. The molecule has 0 spiro atoms. The van der Waals surface area contributed by atoms with Gasteiger partial charge in [0.2, 0.25) is 11.8 Å². The van der Waals surface area contributed by atoms with Crippen molar-refractivity contribution < 1.29 is 4.42 Å². The second kappa shape index (κ2) is 9.83. The van der Waals surface area contributed by atoms with Crippen LogP contribution in [0.3, 0.4) is 0 Å². The van der Waals surface area contributed by atoms with Crippen molar-refractivity contribution in [1.82, 2.24) is 10.2 Å². The van der Waals surface area contributed by atoms with Crippen molar-refractivity contribution in [2.24, 2.45) is 4.51 Å². The van der Waals surface area contributed by atoms with Crippen LogP contribution in [0.25, 0.3) is 11.5 Å². The summed E-state index contributed by atoms with van der Waals surface area (Å²) in [6, 6.07) is 18.8. The number of nitrogens with one attached hydrogen (secondary N) is 1. The number of aryl methyl sites for hydroxylation is 2. The molecule has 4 aromatic rings. The van der Waals surface area contributed by atoms with E-state index in [1.165, 1.54) is 29.5 Å². The number of hydrogen-bond donors (Lipinski definition) is 1. The summed E-state index contributed by atoms with van der Waals surface area (Å²) in [5, 5.41) is 14.0. The molecule has 0 unspecified atom stereocenters. The third-order valence-electron chi connectivity index (χ3n) is 7.25. The summed E-state index contributed by atoms with van der Waals surface area (Å²) in [7, 11) is 0. The lowest BCUT2D eigenvalue weighted by atomic mass is 9.63. The van der Waals surface area contributed by atoms with Crippen molar-refractivity contribution in [3.8, 4) is 11.5 Å². The number of halogens is 1. The summed E-state index contributed by atoms with van der Waals surface area (Å²) in [5.74, 6) is 1.89.